The fraction of sp³-hybridized carbons (Fsp3) is 0.472. The highest BCUT2D eigenvalue weighted by atomic mass is 16.6. The number of rotatable bonds is 8. The summed E-state index contributed by atoms with van der Waals surface area (Å²) in [4.78, 5) is 70.2. The highest BCUT2D eigenvalue weighted by Crippen LogP contribution is 2.35. The summed E-state index contributed by atoms with van der Waals surface area (Å²) in [5.74, 6) is -1.70. The minimum atomic E-state index is -1.40. The number of nitrogens with zero attached hydrogens (tertiary/aromatic N) is 2. The van der Waals surface area contributed by atoms with Crippen LogP contribution in [-0.4, -0.2) is 69.4 Å². The van der Waals surface area contributed by atoms with Crippen molar-refractivity contribution in [2.24, 2.45) is 0 Å². The van der Waals surface area contributed by atoms with Gasteiger partial charge in [-0.2, -0.15) is 4.90 Å². The zero-order chi connectivity index (χ0) is 35.9. The highest BCUT2D eigenvalue weighted by molar-refractivity contribution is 5.98. The van der Waals surface area contributed by atoms with E-state index >= 15 is 0 Å². The topological polar surface area (TPSA) is 138 Å². The van der Waals surface area contributed by atoms with Crippen LogP contribution in [0.1, 0.15) is 79.9 Å². The summed E-state index contributed by atoms with van der Waals surface area (Å²) in [5.41, 5.74) is -2.31. The summed E-state index contributed by atoms with van der Waals surface area (Å²) in [6.07, 6.45) is -3.84. The van der Waals surface area contributed by atoms with Crippen LogP contribution in [0, 0.1) is 0 Å². The zero-order valence-electron chi connectivity index (χ0n) is 29.2. The van der Waals surface area contributed by atoms with Crippen molar-refractivity contribution in [1.82, 2.24) is 9.80 Å². The van der Waals surface area contributed by atoms with Crippen molar-refractivity contribution in [3.8, 4) is 0 Å². The normalized spacial score (nSPS) is 15.0. The van der Waals surface area contributed by atoms with E-state index in [-0.39, 0.29) is 24.5 Å². The molecule has 0 N–H and O–H groups in total. The predicted molar refractivity (Wildman–Crippen MR) is 175 cm³/mol. The van der Waals surface area contributed by atoms with Gasteiger partial charge in [0.15, 0.2) is 0 Å². The van der Waals surface area contributed by atoms with E-state index in [9.17, 15) is 24.0 Å². The van der Waals surface area contributed by atoms with E-state index in [1.165, 1.54) is 0 Å². The summed E-state index contributed by atoms with van der Waals surface area (Å²) in [6.45, 7) is 13.9. The summed E-state index contributed by atoms with van der Waals surface area (Å²) in [6, 6.07) is 16.4. The van der Waals surface area contributed by atoms with Crippen molar-refractivity contribution in [1.29, 1.82) is 0 Å². The number of amides is 3. The van der Waals surface area contributed by atoms with Crippen LogP contribution in [0.15, 0.2) is 71.9 Å². The molecule has 0 fully saturated rings. The molecule has 1 unspecified atom stereocenters. The lowest BCUT2D eigenvalue weighted by Crippen LogP contribution is -2.48. The third-order valence-electron chi connectivity index (χ3n) is 6.41. The molecule has 260 valence electrons. The van der Waals surface area contributed by atoms with Crippen molar-refractivity contribution in [2.75, 3.05) is 6.54 Å². The fourth-order valence-corrected chi connectivity index (χ4v) is 4.55. The monoisotopic (exact) mass is 666 g/mol. The SMILES string of the molecule is CC(C)(C)OC(=O)C1=C(N(C(=O)OC(C)(C)C)C(=O)OC(C)(C)C)C(CC(=O)OCc2ccccc2)N(C(=O)OCc2ccccc2)C1. The number of carbonyl (C=O) groups excluding carboxylic acids is 5. The Bertz CT molecular complexity index is 1470. The van der Waals surface area contributed by atoms with Gasteiger partial charge in [0.25, 0.3) is 0 Å². The second-order valence-corrected chi connectivity index (χ2v) is 14.2. The first-order valence-electron chi connectivity index (χ1n) is 15.6. The second-order valence-electron chi connectivity index (χ2n) is 14.2. The van der Waals surface area contributed by atoms with Crippen molar-refractivity contribution in [3.05, 3.63) is 83.1 Å². The first-order chi connectivity index (χ1) is 22.2. The number of ether oxygens (including phenoxy) is 5. The van der Waals surface area contributed by atoms with E-state index in [1.807, 2.05) is 12.1 Å². The van der Waals surface area contributed by atoms with Crippen molar-refractivity contribution in [2.45, 2.75) is 105 Å². The van der Waals surface area contributed by atoms with E-state index in [2.05, 4.69) is 0 Å². The van der Waals surface area contributed by atoms with Crippen LogP contribution in [0.2, 0.25) is 0 Å². The van der Waals surface area contributed by atoms with Crippen LogP contribution in [-0.2, 0) is 46.5 Å². The Hall–Kier alpha value is -4.87. The van der Waals surface area contributed by atoms with E-state index in [4.69, 9.17) is 23.7 Å². The van der Waals surface area contributed by atoms with Gasteiger partial charge in [0.1, 0.15) is 30.0 Å². The smallest absolute Gasteiger partial charge is 0.424 e. The van der Waals surface area contributed by atoms with Gasteiger partial charge < -0.3 is 23.7 Å². The molecule has 0 saturated heterocycles. The lowest BCUT2D eigenvalue weighted by Gasteiger charge is -2.33. The standard InChI is InChI=1S/C36H46N2O10/c1-34(2,3)46-30(40)26-21-37(31(41)45-23-25-18-14-11-15-19-25)27(20-28(39)44-22-24-16-12-10-13-17-24)29(26)38(32(42)47-35(4,5)6)33(43)48-36(7,8)9/h10-19,27H,20-23H2,1-9H3. The summed E-state index contributed by atoms with van der Waals surface area (Å²) in [5, 5.41) is 0. The molecule has 0 saturated carbocycles. The average Bonchev–Trinajstić information content (AvgIpc) is 3.32. The van der Waals surface area contributed by atoms with Crippen molar-refractivity contribution >= 4 is 30.2 Å². The molecule has 1 aliphatic rings. The van der Waals surface area contributed by atoms with Crippen molar-refractivity contribution in [3.63, 3.8) is 0 Å². The first kappa shape index (κ1) is 37.6. The molecular weight excluding hydrogens is 620 g/mol. The van der Waals surface area contributed by atoms with Gasteiger partial charge >= 0.3 is 30.2 Å². The third-order valence-corrected chi connectivity index (χ3v) is 6.41. The van der Waals surface area contributed by atoms with E-state index < -0.39 is 66.0 Å². The minimum absolute atomic E-state index is 0.0787. The lowest BCUT2D eigenvalue weighted by atomic mass is 10.1. The summed E-state index contributed by atoms with van der Waals surface area (Å²) < 4.78 is 28.0. The van der Waals surface area contributed by atoms with Gasteiger partial charge in [-0.3, -0.25) is 9.69 Å². The van der Waals surface area contributed by atoms with Crippen LogP contribution >= 0.6 is 0 Å². The van der Waals surface area contributed by atoms with Crippen LogP contribution in [0.3, 0.4) is 0 Å². The molecule has 2 aromatic carbocycles. The number of carbonyl (C=O) groups is 5. The predicted octanol–water partition coefficient (Wildman–Crippen LogP) is 6.91. The molecule has 1 heterocycles. The molecule has 0 spiro atoms. The average molecular weight is 667 g/mol. The van der Waals surface area contributed by atoms with Crippen LogP contribution in [0.5, 0.6) is 0 Å². The molecule has 48 heavy (non-hydrogen) atoms. The van der Waals surface area contributed by atoms with Gasteiger partial charge in [-0.25, -0.2) is 19.2 Å². The molecule has 12 heteroatoms. The van der Waals surface area contributed by atoms with Crippen LogP contribution < -0.4 is 0 Å². The maximum atomic E-state index is 13.8. The Morgan fingerprint density at radius 2 is 1.10 bits per heavy atom. The Morgan fingerprint density at radius 3 is 1.54 bits per heavy atom. The number of imide groups is 1. The number of hydrogen-bond acceptors (Lipinski definition) is 10. The van der Waals surface area contributed by atoms with Gasteiger partial charge in [0.05, 0.1) is 30.3 Å². The zero-order valence-corrected chi connectivity index (χ0v) is 29.2. The summed E-state index contributed by atoms with van der Waals surface area (Å²) in [7, 11) is 0. The molecule has 0 aromatic heterocycles. The Morgan fingerprint density at radius 1 is 0.667 bits per heavy atom. The number of benzene rings is 2. The maximum absolute atomic E-state index is 13.8. The van der Waals surface area contributed by atoms with Gasteiger partial charge in [0.2, 0.25) is 0 Å². The van der Waals surface area contributed by atoms with Gasteiger partial charge in [0, 0.05) is 0 Å². The number of hydrogen-bond donors (Lipinski definition) is 0. The maximum Gasteiger partial charge on any atom is 0.424 e. The molecule has 0 bridgehead atoms. The Balaban J connectivity index is 2.14. The highest BCUT2D eigenvalue weighted by Gasteiger charge is 2.49. The van der Waals surface area contributed by atoms with Gasteiger partial charge in [-0.05, 0) is 73.4 Å². The first-order valence-corrected chi connectivity index (χ1v) is 15.6. The lowest BCUT2D eigenvalue weighted by molar-refractivity contribution is -0.150. The molecular formula is C36H46N2O10. The fourth-order valence-electron chi connectivity index (χ4n) is 4.55. The summed E-state index contributed by atoms with van der Waals surface area (Å²) >= 11 is 0. The largest absolute Gasteiger partial charge is 0.461 e. The molecule has 0 radical (unpaired) electrons. The van der Waals surface area contributed by atoms with E-state index in [0.29, 0.717) is 16.0 Å². The molecule has 1 aliphatic heterocycles. The molecule has 2 aromatic rings. The Labute approximate surface area is 281 Å². The molecule has 3 rings (SSSR count). The van der Waals surface area contributed by atoms with E-state index in [1.54, 1.807) is 111 Å². The quantitative estimate of drug-likeness (QED) is 0.216. The molecule has 1 atom stereocenters. The molecule has 3 amide bonds. The van der Waals surface area contributed by atoms with Crippen molar-refractivity contribution < 1.29 is 47.7 Å². The van der Waals surface area contributed by atoms with Gasteiger partial charge in [-0.15, -0.1) is 0 Å². The van der Waals surface area contributed by atoms with E-state index in [0.717, 1.165) is 4.90 Å². The third kappa shape index (κ3) is 11.4. The number of esters is 2. The molecule has 12 nitrogen and oxygen atoms in total. The van der Waals surface area contributed by atoms with Gasteiger partial charge in [-0.1, -0.05) is 60.7 Å². The molecule has 0 aliphatic carbocycles. The Kier molecular flexibility index (Phi) is 12.0. The van der Waals surface area contributed by atoms with Crippen LogP contribution in [0.4, 0.5) is 14.4 Å². The van der Waals surface area contributed by atoms with Crippen LogP contribution in [0.25, 0.3) is 0 Å². The minimum Gasteiger partial charge on any atom is -0.461 e. The second kappa shape index (κ2) is 15.4.